The first kappa shape index (κ1) is 30.6. The topological polar surface area (TPSA) is 136 Å². The van der Waals surface area contributed by atoms with Crippen LogP contribution >= 0.6 is 0 Å². The molecule has 1 aliphatic rings. The zero-order chi connectivity index (χ0) is 26.2. The molecule has 1 aromatic heterocycles. The molecule has 2 heterocycles. The van der Waals surface area contributed by atoms with Crippen molar-refractivity contribution in [2.45, 2.75) is 141 Å². The predicted molar refractivity (Wildman–Crippen MR) is 134 cm³/mol. The molecular weight excluding hydrogens is 466 g/mol. The van der Waals surface area contributed by atoms with E-state index in [1.165, 1.54) is 76.0 Å². The molecule has 0 aliphatic carbocycles. The maximum Gasteiger partial charge on any atom is 0.306 e. The second-order valence-corrected chi connectivity index (χ2v) is 9.84. The summed E-state index contributed by atoms with van der Waals surface area (Å²) in [7, 11) is 1.34. The molecule has 1 saturated heterocycles. The number of hydrogen-bond acceptors (Lipinski definition) is 9. The Morgan fingerprint density at radius 3 is 2.08 bits per heavy atom. The Morgan fingerprint density at radius 2 is 1.50 bits per heavy atom. The molecule has 5 atom stereocenters. The molecular formula is C26H47N3O7. The highest BCUT2D eigenvalue weighted by Gasteiger charge is 2.44. The molecule has 36 heavy (non-hydrogen) atoms. The molecule has 0 unspecified atom stereocenters. The molecule has 0 saturated carbocycles. The van der Waals surface area contributed by atoms with E-state index in [0.29, 0.717) is 12.1 Å². The van der Waals surface area contributed by atoms with Crippen LogP contribution in [0.4, 0.5) is 0 Å². The number of aliphatic hydroxyl groups excluding tert-OH is 3. The molecule has 1 aliphatic heterocycles. The summed E-state index contributed by atoms with van der Waals surface area (Å²) in [6.07, 6.45) is 12.4. The number of methoxy groups -OCH3 is 1. The fourth-order valence-corrected chi connectivity index (χ4v) is 4.45. The van der Waals surface area contributed by atoms with E-state index >= 15 is 0 Å². The summed E-state index contributed by atoms with van der Waals surface area (Å²) in [5.74, 6) is -0.251. The highest BCUT2D eigenvalue weighted by molar-refractivity contribution is 5.69. The van der Waals surface area contributed by atoms with Gasteiger partial charge in [0, 0.05) is 13.5 Å². The summed E-state index contributed by atoms with van der Waals surface area (Å²) in [4.78, 5) is 12.0. The Hall–Kier alpha value is -1.59. The first-order chi connectivity index (χ1) is 17.5. The Bertz CT molecular complexity index is 715. The highest BCUT2D eigenvalue weighted by atomic mass is 16.7. The van der Waals surface area contributed by atoms with Gasteiger partial charge in [0.1, 0.15) is 36.7 Å². The van der Waals surface area contributed by atoms with Crippen molar-refractivity contribution in [2.24, 2.45) is 0 Å². The summed E-state index contributed by atoms with van der Waals surface area (Å²) in [5, 5.41) is 37.9. The van der Waals surface area contributed by atoms with E-state index in [0.717, 1.165) is 19.3 Å². The first-order valence-electron chi connectivity index (χ1n) is 13.7. The molecule has 10 heteroatoms. The van der Waals surface area contributed by atoms with Crippen LogP contribution in [0.5, 0.6) is 0 Å². The Morgan fingerprint density at radius 1 is 0.917 bits per heavy atom. The minimum absolute atomic E-state index is 0.0212. The standard InChI is InChI=1S/C26H47N3O7/c1-3-4-5-6-7-8-9-10-11-12-13-14-15-16-22(30)35-19-20-17-29(28-27-20)18-21-23(31)24(32)25(33)26(34-2)36-21/h17,21,23-26,31-33H,3-16,18-19H2,1-2H3/t21-,23-,24+,25-,26+/m1/s1. The molecule has 0 bridgehead atoms. The largest absolute Gasteiger partial charge is 0.459 e. The van der Waals surface area contributed by atoms with Gasteiger partial charge in [0.15, 0.2) is 6.29 Å². The molecule has 2 rings (SSSR count). The molecule has 3 N–H and O–H groups in total. The monoisotopic (exact) mass is 513 g/mol. The van der Waals surface area contributed by atoms with Crippen molar-refractivity contribution in [3.63, 3.8) is 0 Å². The molecule has 0 spiro atoms. The summed E-state index contributed by atoms with van der Waals surface area (Å²) < 4.78 is 17.2. The number of aromatic nitrogens is 3. The van der Waals surface area contributed by atoms with Gasteiger partial charge in [-0.1, -0.05) is 89.2 Å². The molecule has 0 amide bonds. The summed E-state index contributed by atoms with van der Waals surface area (Å²) in [6, 6.07) is 0. The fraction of sp³-hybridized carbons (Fsp3) is 0.885. The number of carbonyl (C=O) groups excluding carboxylic acids is 1. The number of ether oxygens (including phenoxy) is 3. The van der Waals surface area contributed by atoms with E-state index in [4.69, 9.17) is 14.2 Å². The summed E-state index contributed by atoms with van der Waals surface area (Å²) in [5.41, 5.74) is 0.475. The number of nitrogens with zero attached hydrogens (tertiary/aromatic N) is 3. The predicted octanol–water partition coefficient (Wildman–Crippen LogP) is 3.26. The third-order valence-corrected chi connectivity index (χ3v) is 6.72. The van der Waals surface area contributed by atoms with Crippen LogP contribution < -0.4 is 0 Å². The average molecular weight is 514 g/mol. The van der Waals surface area contributed by atoms with Crippen molar-refractivity contribution in [1.82, 2.24) is 15.0 Å². The van der Waals surface area contributed by atoms with Crippen molar-refractivity contribution in [3.8, 4) is 0 Å². The maximum atomic E-state index is 12.0. The zero-order valence-electron chi connectivity index (χ0n) is 22.1. The number of carbonyl (C=O) groups is 1. The lowest BCUT2D eigenvalue weighted by Crippen LogP contribution is -2.58. The van der Waals surface area contributed by atoms with Crippen LogP contribution in [-0.4, -0.2) is 74.1 Å². The second-order valence-electron chi connectivity index (χ2n) is 9.84. The van der Waals surface area contributed by atoms with Gasteiger partial charge in [-0.25, -0.2) is 4.68 Å². The highest BCUT2D eigenvalue weighted by Crippen LogP contribution is 2.22. The van der Waals surface area contributed by atoms with Crippen molar-refractivity contribution < 1.29 is 34.3 Å². The molecule has 0 radical (unpaired) electrons. The first-order valence-corrected chi connectivity index (χ1v) is 13.7. The number of aliphatic hydroxyl groups is 3. The number of esters is 1. The summed E-state index contributed by atoms with van der Waals surface area (Å²) in [6.45, 7) is 2.36. The minimum atomic E-state index is -1.40. The van der Waals surface area contributed by atoms with Crippen molar-refractivity contribution in [3.05, 3.63) is 11.9 Å². The second kappa shape index (κ2) is 17.8. The molecule has 1 aromatic rings. The van der Waals surface area contributed by atoms with Crippen LogP contribution in [0, 0.1) is 0 Å². The van der Waals surface area contributed by atoms with E-state index in [9.17, 15) is 20.1 Å². The lowest BCUT2D eigenvalue weighted by molar-refractivity contribution is -0.292. The summed E-state index contributed by atoms with van der Waals surface area (Å²) >= 11 is 0. The quantitative estimate of drug-likeness (QED) is 0.188. The van der Waals surface area contributed by atoms with E-state index in [1.807, 2.05) is 0 Å². The lowest BCUT2D eigenvalue weighted by atomic mass is 9.99. The van der Waals surface area contributed by atoms with Crippen molar-refractivity contribution in [1.29, 1.82) is 0 Å². The van der Waals surface area contributed by atoms with Crippen LogP contribution in [0.15, 0.2) is 6.20 Å². The number of hydrogen-bond donors (Lipinski definition) is 3. The zero-order valence-corrected chi connectivity index (χ0v) is 22.1. The van der Waals surface area contributed by atoms with Gasteiger partial charge in [-0.05, 0) is 6.42 Å². The third kappa shape index (κ3) is 11.2. The normalized spacial score (nSPS) is 24.2. The molecule has 1 fully saturated rings. The lowest BCUT2D eigenvalue weighted by Gasteiger charge is -2.39. The van der Waals surface area contributed by atoms with Gasteiger partial charge in [-0.3, -0.25) is 4.79 Å². The maximum absolute atomic E-state index is 12.0. The molecule has 0 aromatic carbocycles. The number of unbranched alkanes of at least 4 members (excludes halogenated alkanes) is 12. The molecule has 10 nitrogen and oxygen atoms in total. The van der Waals surface area contributed by atoms with Gasteiger partial charge in [-0.2, -0.15) is 0 Å². The Labute approximate surface area is 215 Å². The van der Waals surface area contributed by atoms with E-state index in [2.05, 4.69) is 17.2 Å². The van der Waals surface area contributed by atoms with Gasteiger partial charge < -0.3 is 29.5 Å². The SMILES string of the molecule is CCCCCCCCCCCCCCCC(=O)OCc1cn(C[C@H]2O[C@H](OC)[C@H](O)[C@@H](O)[C@@H]2O)nn1. The van der Waals surface area contributed by atoms with Gasteiger partial charge in [0.2, 0.25) is 0 Å². The van der Waals surface area contributed by atoms with Crippen LogP contribution in [0.2, 0.25) is 0 Å². The Kier molecular flexibility index (Phi) is 15.1. The average Bonchev–Trinajstić information content (AvgIpc) is 3.33. The fourth-order valence-electron chi connectivity index (χ4n) is 4.45. The third-order valence-electron chi connectivity index (χ3n) is 6.72. The van der Waals surface area contributed by atoms with Crippen LogP contribution in [0.3, 0.4) is 0 Å². The Balaban J connectivity index is 1.51. The van der Waals surface area contributed by atoms with Crippen LogP contribution in [0.25, 0.3) is 0 Å². The van der Waals surface area contributed by atoms with E-state index < -0.39 is 30.7 Å². The van der Waals surface area contributed by atoms with Gasteiger partial charge in [0.05, 0.1) is 12.7 Å². The van der Waals surface area contributed by atoms with Crippen LogP contribution in [0.1, 0.15) is 103 Å². The van der Waals surface area contributed by atoms with Gasteiger partial charge in [-0.15, -0.1) is 5.10 Å². The smallest absolute Gasteiger partial charge is 0.306 e. The minimum Gasteiger partial charge on any atom is -0.459 e. The van der Waals surface area contributed by atoms with E-state index in [-0.39, 0.29) is 19.1 Å². The van der Waals surface area contributed by atoms with Crippen LogP contribution in [-0.2, 0) is 32.2 Å². The van der Waals surface area contributed by atoms with Crippen molar-refractivity contribution in [2.75, 3.05) is 7.11 Å². The molecule has 208 valence electrons. The van der Waals surface area contributed by atoms with E-state index in [1.54, 1.807) is 6.20 Å². The van der Waals surface area contributed by atoms with Crippen molar-refractivity contribution >= 4 is 5.97 Å². The van der Waals surface area contributed by atoms with Gasteiger partial charge >= 0.3 is 5.97 Å². The number of rotatable bonds is 19. The van der Waals surface area contributed by atoms with Gasteiger partial charge in [0.25, 0.3) is 0 Å².